The molecule has 1 aliphatic heterocycles. The van der Waals surface area contributed by atoms with Crippen LogP contribution >= 0.6 is 0 Å². The molecular formula is C21H33N3O3. The van der Waals surface area contributed by atoms with Gasteiger partial charge in [0.1, 0.15) is 5.41 Å². The Bertz CT molecular complexity index is 665. The molecule has 0 aliphatic carbocycles. The fourth-order valence-corrected chi connectivity index (χ4v) is 3.36. The van der Waals surface area contributed by atoms with Gasteiger partial charge in [-0.2, -0.15) is 0 Å². The van der Waals surface area contributed by atoms with Gasteiger partial charge in [0, 0.05) is 52.1 Å². The molecule has 6 nitrogen and oxygen atoms in total. The first-order valence-corrected chi connectivity index (χ1v) is 9.66. The first kappa shape index (κ1) is 21.2. The van der Waals surface area contributed by atoms with Gasteiger partial charge in [-0.1, -0.05) is 12.1 Å². The van der Waals surface area contributed by atoms with Gasteiger partial charge in [-0.05, 0) is 51.3 Å². The molecule has 1 saturated heterocycles. The molecule has 0 atom stereocenters. The molecule has 1 aromatic carbocycles. The minimum absolute atomic E-state index is 0.104. The summed E-state index contributed by atoms with van der Waals surface area (Å²) in [6, 6.07) is 6.33. The van der Waals surface area contributed by atoms with Crippen LogP contribution in [0.2, 0.25) is 0 Å². The van der Waals surface area contributed by atoms with Crippen molar-refractivity contribution in [1.29, 1.82) is 0 Å². The number of methoxy groups -OCH3 is 1. The number of nitrogens with one attached hydrogen (secondary N) is 1. The summed E-state index contributed by atoms with van der Waals surface area (Å²) in [4.78, 5) is 29.5. The van der Waals surface area contributed by atoms with Crippen LogP contribution in [0, 0.1) is 19.3 Å². The number of anilines is 1. The van der Waals surface area contributed by atoms with Crippen molar-refractivity contribution in [1.82, 2.24) is 10.2 Å². The molecule has 2 amide bonds. The maximum absolute atomic E-state index is 12.9. The van der Waals surface area contributed by atoms with Gasteiger partial charge in [0.15, 0.2) is 0 Å². The van der Waals surface area contributed by atoms with Crippen LogP contribution in [0.25, 0.3) is 0 Å². The molecule has 0 spiro atoms. The summed E-state index contributed by atoms with van der Waals surface area (Å²) in [5.74, 6) is -0.326. The van der Waals surface area contributed by atoms with E-state index in [9.17, 15) is 9.59 Å². The summed E-state index contributed by atoms with van der Waals surface area (Å²) in [7, 11) is 1.63. The predicted octanol–water partition coefficient (Wildman–Crippen LogP) is 2.13. The minimum Gasteiger partial charge on any atom is -0.385 e. The highest BCUT2D eigenvalue weighted by Crippen LogP contribution is 2.25. The topological polar surface area (TPSA) is 61.9 Å². The third kappa shape index (κ3) is 5.01. The van der Waals surface area contributed by atoms with Gasteiger partial charge < -0.3 is 19.9 Å². The lowest BCUT2D eigenvalue weighted by Crippen LogP contribution is -2.55. The van der Waals surface area contributed by atoms with Crippen molar-refractivity contribution in [2.45, 2.75) is 34.1 Å². The van der Waals surface area contributed by atoms with E-state index in [0.29, 0.717) is 26.2 Å². The van der Waals surface area contributed by atoms with Crippen molar-refractivity contribution in [2.75, 3.05) is 51.3 Å². The molecular weight excluding hydrogens is 342 g/mol. The molecule has 0 radical (unpaired) electrons. The molecule has 150 valence electrons. The van der Waals surface area contributed by atoms with Crippen LogP contribution in [0.15, 0.2) is 18.2 Å². The maximum Gasteiger partial charge on any atom is 0.237 e. The SMILES string of the molecule is COCCCNC(=O)C(C)(C)C(=O)N1CCN(c2cccc(C)c2C)CC1. The summed E-state index contributed by atoms with van der Waals surface area (Å²) in [6.45, 7) is 11.6. The van der Waals surface area contributed by atoms with E-state index in [1.807, 2.05) is 4.90 Å². The van der Waals surface area contributed by atoms with Crippen LogP contribution in [0.1, 0.15) is 31.4 Å². The molecule has 1 heterocycles. The number of hydrogen-bond acceptors (Lipinski definition) is 4. The molecule has 0 saturated carbocycles. The maximum atomic E-state index is 12.9. The fourth-order valence-electron chi connectivity index (χ4n) is 3.36. The van der Waals surface area contributed by atoms with E-state index in [0.717, 1.165) is 19.5 Å². The molecule has 1 aliphatic rings. The average Bonchev–Trinajstić information content (AvgIpc) is 2.66. The third-order valence-corrected chi connectivity index (χ3v) is 5.40. The highest BCUT2D eigenvalue weighted by Gasteiger charge is 2.39. The van der Waals surface area contributed by atoms with Gasteiger partial charge in [-0.3, -0.25) is 9.59 Å². The van der Waals surface area contributed by atoms with E-state index in [4.69, 9.17) is 4.74 Å². The van der Waals surface area contributed by atoms with Crippen LogP contribution in [0.4, 0.5) is 5.69 Å². The fraction of sp³-hybridized carbons (Fsp3) is 0.619. The van der Waals surface area contributed by atoms with E-state index in [2.05, 4.69) is 42.3 Å². The minimum atomic E-state index is -1.06. The molecule has 2 rings (SSSR count). The summed E-state index contributed by atoms with van der Waals surface area (Å²) in [6.07, 6.45) is 0.737. The van der Waals surface area contributed by atoms with Crippen molar-refractivity contribution >= 4 is 17.5 Å². The number of nitrogens with zero attached hydrogens (tertiary/aromatic N) is 2. The zero-order chi connectivity index (χ0) is 20.0. The quantitative estimate of drug-likeness (QED) is 0.586. The Morgan fingerprint density at radius 1 is 1.15 bits per heavy atom. The first-order chi connectivity index (χ1) is 12.8. The number of aryl methyl sites for hydroxylation is 1. The highest BCUT2D eigenvalue weighted by atomic mass is 16.5. The normalized spacial score (nSPS) is 15.0. The number of carbonyl (C=O) groups is 2. The molecule has 0 bridgehead atoms. The molecule has 0 unspecified atom stereocenters. The number of amides is 2. The Labute approximate surface area is 162 Å². The first-order valence-electron chi connectivity index (χ1n) is 9.66. The average molecular weight is 376 g/mol. The Balaban J connectivity index is 1.93. The van der Waals surface area contributed by atoms with Crippen LogP contribution in [0.5, 0.6) is 0 Å². The molecule has 27 heavy (non-hydrogen) atoms. The van der Waals surface area contributed by atoms with Gasteiger partial charge in [0.25, 0.3) is 0 Å². The van der Waals surface area contributed by atoms with Gasteiger partial charge in [0.2, 0.25) is 11.8 Å². The van der Waals surface area contributed by atoms with Crippen molar-refractivity contribution in [3.05, 3.63) is 29.3 Å². The summed E-state index contributed by atoms with van der Waals surface area (Å²) >= 11 is 0. The Kier molecular flexibility index (Phi) is 7.25. The third-order valence-electron chi connectivity index (χ3n) is 5.40. The zero-order valence-corrected chi connectivity index (χ0v) is 17.3. The smallest absolute Gasteiger partial charge is 0.237 e. The van der Waals surface area contributed by atoms with E-state index in [-0.39, 0.29) is 11.8 Å². The number of benzene rings is 1. The predicted molar refractivity (Wildman–Crippen MR) is 108 cm³/mol. The van der Waals surface area contributed by atoms with Crippen molar-refractivity contribution < 1.29 is 14.3 Å². The standard InChI is InChI=1S/C21H33N3O3/c1-16-8-6-9-18(17(16)2)23-11-13-24(14-12-23)20(26)21(3,4)19(25)22-10-7-15-27-5/h6,8-9H,7,10-15H2,1-5H3,(H,22,25). The Hall–Kier alpha value is -2.08. The van der Waals surface area contributed by atoms with Crippen molar-refractivity contribution in [3.63, 3.8) is 0 Å². The van der Waals surface area contributed by atoms with Gasteiger partial charge in [-0.15, -0.1) is 0 Å². The van der Waals surface area contributed by atoms with E-state index in [1.54, 1.807) is 21.0 Å². The van der Waals surface area contributed by atoms with Crippen molar-refractivity contribution in [2.24, 2.45) is 5.41 Å². The second-order valence-corrected chi connectivity index (χ2v) is 7.73. The number of rotatable bonds is 7. The lowest BCUT2D eigenvalue weighted by Gasteiger charge is -2.39. The summed E-state index contributed by atoms with van der Waals surface area (Å²) in [5, 5.41) is 2.85. The highest BCUT2D eigenvalue weighted by molar-refractivity contribution is 6.04. The van der Waals surface area contributed by atoms with Crippen LogP contribution in [-0.2, 0) is 14.3 Å². The molecule has 1 aromatic rings. The van der Waals surface area contributed by atoms with Crippen LogP contribution < -0.4 is 10.2 Å². The van der Waals surface area contributed by atoms with Crippen LogP contribution in [-0.4, -0.2) is 63.2 Å². The van der Waals surface area contributed by atoms with E-state index in [1.165, 1.54) is 16.8 Å². The lowest BCUT2D eigenvalue weighted by molar-refractivity contribution is -0.148. The van der Waals surface area contributed by atoms with E-state index >= 15 is 0 Å². The Morgan fingerprint density at radius 2 is 1.81 bits per heavy atom. The summed E-state index contributed by atoms with van der Waals surface area (Å²) < 4.78 is 4.98. The number of piperazine rings is 1. The van der Waals surface area contributed by atoms with Gasteiger partial charge in [-0.25, -0.2) is 0 Å². The lowest BCUT2D eigenvalue weighted by atomic mass is 9.90. The Morgan fingerprint density at radius 3 is 2.44 bits per heavy atom. The van der Waals surface area contributed by atoms with Gasteiger partial charge >= 0.3 is 0 Å². The zero-order valence-electron chi connectivity index (χ0n) is 17.3. The molecule has 1 N–H and O–H groups in total. The molecule has 6 heteroatoms. The number of carbonyl (C=O) groups excluding carboxylic acids is 2. The second kappa shape index (κ2) is 9.22. The van der Waals surface area contributed by atoms with Crippen LogP contribution in [0.3, 0.4) is 0 Å². The largest absolute Gasteiger partial charge is 0.385 e. The van der Waals surface area contributed by atoms with Gasteiger partial charge in [0.05, 0.1) is 0 Å². The molecule has 0 aromatic heterocycles. The molecule has 1 fully saturated rings. The van der Waals surface area contributed by atoms with E-state index < -0.39 is 5.41 Å². The second-order valence-electron chi connectivity index (χ2n) is 7.73. The van der Waals surface area contributed by atoms with Crippen molar-refractivity contribution in [3.8, 4) is 0 Å². The number of ether oxygens (including phenoxy) is 1. The number of hydrogen-bond donors (Lipinski definition) is 1. The monoisotopic (exact) mass is 375 g/mol. The summed E-state index contributed by atoms with van der Waals surface area (Å²) in [5.41, 5.74) is 2.73.